The highest BCUT2D eigenvalue weighted by atomic mass is 16.2. The van der Waals surface area contributed by atoms with Crippen molar-refractivity contribution in [3.05, 3.63) is 53.6 Å². The third-order valence-corrected chi connectivity index (χ3v) is 3.40. The number of nitrogens with one attached hydrogen (secondary N) is 1. The molecule has 6 nitrogen and oxygen atoms in total. The summed E-state index contributed by atoms with van der Waals surface area (Å²) in [6, 6.07) is 7.61. The van der Waals surface area contributed by atoms with Gasteiger partial charge in [0.1, 0.15) is 5.69 Å². The monoisotopic (exact) mass is 312 g/mol. The van der Waals surface area contributed by atoms with E-state index in [1.807, 2.05) is 31.2 Å². The zero-order valence-electron chi connectivity index (χ0n) is 13.5. The van der Waals surface area contributed by atoms with Gasteiger partial charge in [-0.05, 0) is 25.0 Å². The Labute approximate surface area is 135 Å². The predicted octanol–water partition coefficient (Wildman–Crippen LogP) is 2.06. The maximum absolute atomic E-state index is 12.2. The molecule has 1 N–H and O–H groups in total. The average molecular weight is 312 g/mol. The van der Waals surface area contributed by atoms with Crippen molar-refractivity contribution in [2.45, 2.75) is 20.3 Å². The van der Waals surface area contributed by atoms with Gasteiger partial charge in [0, 0.05) is 18.9 Å². The first-order valence-corrected chi connectivity index (χ1v) is 7.43. The molecule has 0 unspecified atom stereocenters. The van der Waals surface area contributed by atoms with E-state index in [4.69, 9.17) is 0 Å². The Morgan fingerprint density at radius 2 is 1.91 bits per heavy atom. The zero-order chi connectivity index (χ0) is 16.8. The standard InChI is InChI=1S/C17H20N4O2/c1-4-13-7-5-6-8-14(13)20-16(22)11-21(3)17(23)15-10-18-12(2)9-19-15/h5-10H,4,11H2,1-3H3,(H,20,22). The lowest BCUT2D eigenvalue weighted by atomic mass is 10.1. The number of hydrogen-bond acceptors (Lipinski definition) is 4. The van der Waals surface area contributed by atoms with Crippen LogP contribution < -0.4 is 5.32 Å². The van der Waals surface area contributed by atoms with E-state index >= 15 is 0 Å². The second-order valence-electron chi connectivity index (χ2n) is 5.26. The average Bonchev–Trinajstić information content (AvgIpc) is 2.55. The normalized spacial score (nSPS) is 10.2. The Balaban J connectivity index is 1.99. The molecule has 1 aromatic carbocycles. The van der Waals surface area contributed by atoms with Crippen molar-refractivity contribution in [2.75, 3.05) is 18.9 Å². The lowest BCUT2D eigenvalue weighted by Crippen LogP contribution is -2.35. The first-order chi connectivity index (χ1) is 11.0. The molecule has 23 heavy (non-hydrogen) atoms. The van der Waals surface area contributed by atoms with Crippen LogP contribution in [0.15, 0.2) is 36.7 Å². The van der Waals surface area contributed by atoms with Gasteiger partial charge >= 0.3 is 0 Å². The Hall–Kier alpha value is -2.76. The topological polar surface area (TPSA) is 75.2 Å². The molecule has 2 amide bonds. The summed E-state index contributed by atoms with van der Waals surface area (Å²) in [5, 5.41) is 2.84. The Bertz CT molecular complexity index is 698. The summed E-state index contributed by atoms with van der Waals surface area (Å²) in [6.07, 6.45) is 3.77. The van der Waals surface area contributed by atoms with Crippen LogP contribution in [0.1, 0.15) is 28.7 Å². The van der Waals surface area contributed by atoms with Gasteiger partial charge in [-0.2, -0.15) is 0 Å². The highest BCUT2D eigenvalue weighted by molar-refractivity contribution is 5.98. The fourth-order valence-electron chi connectivity index (χ4n) is 2.13. The summed E-state index contributed by atoms with van der Waals surface area (Å²) in [6.45, 7) is 3.77. The van der Waals surface area contributed by atoms with Crippen LogP contribution in [0.3, 0.4) is 0 Å². The minimum atomic E-state index is -0.337. The molecule has 120 valence electrons. The van der Waals surface area contributed by atoms with Crippen molar-refractivity contribution >= 4 is 17.5 Å². The summed E-state index contributed by atoms with van der Waals surface area (Å²) in [5.74, 6) is -0.585. The number of rotatable bonds is 5. The SMILES string of the molecule is CCc1ccccc1NC(=O)CN(C)C(=O)c1cnc(C)cn1. The summed E-state index contributed by atoms with van der Waals surface area (Å²) >= 11 is 0. The Morgan fingerprint density at radius 1 is 1.17 bits per heavy atom. The fourth-order valence-corrected chi connectivity index (χ4v) is 2.13. The molecule has 1 aromatic heterocycles. The quantitative estimate of drug-likeness (QED) is 0.917. The van der Waals surface area contributed by atoms with Crippen molar-refractivity contribution in [1.29, 1.82) is 0 Å². The number of benzene rings is 1. The number of aryl methyl sites for hydroxylation is 2. The van der Waals surface area contributed by atoms with Crippen molar-refractivity contribution in [1.82, 2.24) is 14.9 Å². The number of amides is 2. The molecule has 2 rings (SSSR count). The molecular weight excluding hydrogens is 292 g/mol. The maximum atomic E-state index is 12.2. The number of likely N-dealkylation sites (N-methyl/N-ethyl adjacent to an activating group) is 1. The van der Waals surface area contributed by atoms with Crippen LogP contribution in [0.5, 0.6) is 0 Å². The molecule has 0 saturated carbocycles. The van der Waals surface area contributed by atoms with Crippen LogP contribution >= 0.6 is 0 Å². The molecule has 1 heterocycles. The van der Waals surface area contributed by atoms with Crippen LogP contribution in [0.4, 0.5) is 5.69 Å². The number of carbonyl (C=O) groups is 2. The zero-order valence-corrected chi connectivity index (χ0v) is 13.5. The van der Waals surface area contributed by atoms with Crippen LogP contribution in [-0.2, 0) is 11.2 Å². The molecular formula is C17H20N4O2. The number of aromatic nitrogens is 2. The van der Waals surface area contributed by atoms with E-state index in [0.29, 0.717) is 0 Å². The summed E-state index contributed by atoms with van der Waals surface area (Å²) in [4.78, 5) is 33.7. The lowest BCUT2D eigenvalue weighted by Gasteiger charge is -2.17. The molecule has 6 heteroatoms. The first-order valence-electron chi connectivity index (χ1n) is 7.43. The lowest BCUT2D eigenvalue weighted by molar-refractivity contribution is -0.116. The second kappa shape index (κ2) is 7.49. The van der Waals surface area contributed by atoms with E-state index in [-0.39, 0.29) is 24.1 Å². The van der Waals surface area contributed by atoms with Crippen LogP contribution in [0.2, 0.25) is 0 Å². The van der Waals surface area contributed by atoms with Crippen LogP contribution in [0, 0.1) is 6.92 Å². The minimum Gasteiger partial charge on any atom is -0.331 e. The molecule has 2 aromatic rings. The van der Waals surface area contributed by atoms with Gasteiger partial charge in [-0.15, -0.1) is 0 Å². The van der Waals surface area contributed by atoms with Gasteiger partial charge < -0.3 is 10.2 Å². The minimum absolute atomic E-state index is 0.0492. The molecule has 0 radical (unpaired) electrons. The number of nitrogens with zero attached hydrogens (tertiary/aromatic N) is 3. The number of para-hydroxylation sites is 1. The number of hydrogen-bond donors (Lipinski definition) is 1. The van der Waals surface area contributed by atoms with Crippen molar-refractivity contribution in [3.8, 4) is 0 Å². The highest BCUT2D eigenvalue weighted by Crippen LogP contribution is 2.15. The van der Waals surface area contributed by atoms with Crippen LogP contribution in [-0.4, -0.2) is 40.3 Å². The van der Waals surface area contributed by atoms with E-state index in [9.17, 15) is 9.59 Å². The van der Waals surface area contributed by atoms with Gasteiger partial charge in [0.15, 0.2) is 0 Å². The van der Waals surface area contributed by atoms with E-state index in [0.717, 1.165) is 23.4 Å². The molecule has 0 aliphatic carbocycles. The van der Waals surface area contributed by atoms with Gasteiger partial charge in [0.05, 0.1) is 18.4 Å². The van der Waals surface area contributed by atoms with E-state index in [1.165, 1.54) is 17.3 Å². The fraction of sp³-hybridized carbons (Fsp3) is 0.294. The van der Waals surface area contributed by atoms with Gasteiger partial charge in [0.25, 0.3) is 5.91 Å². The molecule has 0 saturated heterocycles. The van der Waals surface area contributed by atoms with E-state index < -0.39 is 0 Å². The van der Waals surface area contributed by atoms with Crippen molar-refractivity contribution in [3.63, 3.8) is 0 Å². The van der Waals surface area contributed by atoms with E-state index in [2.05, 4.69) is 15.3 Å². The van der Waals surface area contributed by atoms with Crippen LogP contribution in [0.25, 0.3) is 0 Å². The van der Waals surface area contributed by atoms with Gasteiger partial charge in [-0.1, -0.05) is 25.1 Å². The summed E-state index contributed by atoms with van der Waals surface area (Å²) in [7, 11) is 1.56. The molecule has 0 bridgehead atoms. The Morgan fingerprint density at radius 3 is 2.57 bits per heavy atom. The number of anilines is 1. The Kier molecular flexibility index (Phi) is 5.41. The molecule has 0 spiro atoms. The summed E-state index contributed by atoms with van der Waals surface area (Å²) < 4.78 is 0. The third-order valence-electron chi connectivity index (χ3n) is 3.40. The molecule has 0 fully saturated rings. The summed E-state index contributed by atoms with van der Waals surface area (Å²) in [5.41, 5.74) is 2.79. The van der Waals surface area contributed by atoms with Crippen molar-refractivity contribution in [2.24, 2.45) is 0 Å². The largest absolute Gasteiger partial charge is 0.331 e. The maximum Gasteiger partial charge on any atom is 0.274 e. The molecule has 0 aliphatic heterocycles. The third kappa shape index (κ3) is 4.35. The van der Waals surface area contributed by atoms with Gasteiger partial charge in [-0.25, -0.2) is 4.98 Å². The molecule has 0 atom stereocenters. The van der Waals surface area contributed by atoms with E-state index in [1.54, 1.807) is 14.0 Å². The van der Waals surface area contributed by atoms with Gasteiger partial charge in [0.2, 0.25) is 5.91 Å². The highest BCUT2D eigenvalue weighted by Gasteiger charge is 2.17. The van der Waals surface area contributed by atoms with Crippen molar-refractivity contribution < 1.29 is 9.59 Å². The van der Waals surface area contributed by atoms with Gasteiger partial charge in [-0.3, -0.25) is 14.6 Å². The molecule has 0 aliphatic rings. The first kappa shape index (κ1) is 16.6. The predicted molar refractivity (Wildman–Crippen MR) is 88.2 cm³/mol. The smallest absolute Gasteiger partial charge is 0.274 e. The second-order valence-corrected chi connectivity index (χ2v) is 5.26. The number of carbonyl (C=O) groups excluding carboxylic acids is 2.